The zero-order valence-corrected chi connectivity index (χ0v) is 14.1. The molecular weight excluding hydrogens is 347 g/mol. The molecule has 0 bridgehead atoms. The average Bonchev–Trinajstić information content (AvgIpc) is 2.65. The lowest BCUT2D eigenvalue weighted by molar-refractivity contribution is -0.119. The molecule has 0 aliphatic carbocycles. The molecular formula is C17H15FN2O4S. The zero-order chi connectivity index (χ0) is 18.2. The number of esters is 1. The third kappa shape index (κ3) is 5.32. The number of ether oxygens (including phenoxy) is 1. The van der Waals surface area contributed by atoms with Crippen molar-refractivity contribution in [1.29, 1.82) is 0 Å². The number of thioether (sulfide) groups is 1. The van der Waals surface area contributed by atoms with Gasteiger partial charge in [0.05, 0.1) is 18.4 Å². The van der Waals surface area contributed by atoms with Crippen LogP contribution in [0.2, 0.25) is 0 Å². The topological polar surface area (TPSA) is 84.5 Å². The number of hydrogen-bond acceptors (Lipinski definition) is 5. The lowest BCUT2D eigenvalue weighted by atomic mass is 10.1. The molecule has 0 aliphatic heterocycles. The second-order valence-electron chi connectivity index (χ2n) is 4.79. The molecule has 25 heavy (non-hydrogen) atoms. The van der Waals surface area contributed by atoms with Crippen molar-refractivity contribution in [3.05, 3.63) is 65.5 Å². The minimum absolute atomic E-state index is 0.0531. The molecule has 2 aromatic rings. The van der Waals surface area contributed by atoms with Crippen LogP contribution >= 0.6 is 11.8 Å². The fourth-order valence-electron chi connectivity index (χ4n) is 1.82. The van der Waals surface area contributed by atoms with E-state index in [9.17, 15) is 18.8 Å². The SMILES string of the molecule is COC(=O)c1ccc(C(=O)NNC(=O)CSc2ccccc2F)cc1. The number of hydrogen-bond donors (Lipinski definition) is 2. The van der Waals surface area contributed by atoms with Crippen LogP contribution in [0, 0.1) is 5.82 Å². The molecule has 0 fully saturated rings. The normalized spacial score (nSPS) is 10.0. The number of nitrogens with one attached hydrogen (secondary N) is 2. The van der Waals surface area contributed by atoms with Gasteiger partial charge in [-0.3, -0.25) is 20.4 Å². The summed E-state index contributed by atoms with van der Waals surface area (Å²) in [6.45, 7) is 0. The molecule has 0 spiro atoms. The molecule has 0 unspecified atom stereocenters. The fraction of sp³-hybridized carbons (Fsp3) is 0.118. The largest absolute Gasteiger partial charge is 0.465 e. The number of benzene rings is 2. The summed E-state index contributed by atoms with van der Waals surface area (Å²) in [5.74, 6) is -1.99. The number of amides is 2. The first-order valence-electron chi connectivity index (χ1n) is 7.16. The maximum atomic E-state index is 13.4. The Balaban J connectivity index is 1.82. The Morgan fingerprint density at radius 2 is 1.64 bits per heavy atom. The first-order chi connectivity index (χ1) is 12.0. The molecule has 2 aromatic carbocycles. The number of carbonyl (C=O) groups is 3. The predicted molar refractivity (Wildman–Crippen MR) is 90.5 cm³/mol. The molecule has 0 aliphatic rings. The summed E-state index contributed by atoms with van der Waals surface area (Å²) < 4.78 is 18.0. The molecule has 0 saturated heterocycles. The Morgan fingerprint density at radius 1 is 1.00 bits per heavy atom. The summed E-state index contributed by atoms with van der Waals surface area (Å²) in [5.41, 5.74) is 5.06. The van der Waals surface area contributed by atoms with E-state index in [0.717, 1.165) is 11.8 Å². The maximum absolute atomic E-state index is 13.4. The van der Waals surface area contributed by atoms with Crippen LogP contribution in [0.1, 0.15) is 20.7 Å². The van der Waals surface area contributed by atoms with Crippen molar-refractivity contribution in [1.82, 2.24) is 10.9 Å². The third-order valence-electron chi connectivity index (χ3n) is 3.08. The van der Waals surface area contributed by atoms with Crippen LogP contribution in [-0.2, 0) is 9.53 Å². The van der Waals surface area contributed by atoms with Crippen molar-refractivity contribution >= 4 is 29.5 Å². The average molecular weight is 362 g/mol. The van der Waals surface area contributed by atoms with E-state index in [-0.39, 0.29) is 11.3 Å². The molecule has 130 valence electrons. The van der Waals surface area contributed by atoms with Gasteiger partial charge in [-0.2, -0.15) is 0 Å². The molecule has 0 radical (unpaired) electrons. The quantitative estimate of drug-likeness (QED) is 0.484. The highest BCUT2D eigenvalue weighted by molar-refractivity contribution is 8.00. The van der Waals surface area contributed by atoms with Crippen molar-refractivity contribution in [2.45, 2.75) is 4.90 Å². The van der Waals surface area contributed by atoms with E-state index in [1.807, 2.05) is 0 Å². The molecule has 2 rings (SSSR count). The first-order valence-corrected chi connectivity index (χ1v) is 8.14. The summed E-state index contributed by atoms with van der Waals surface area (Å²) in [6.07, 6.45) is 0. The van der Waals surface area contributed by atoms with Gasteiger partial charge in [0, 0.05) is 10.5 Å². The summed E-state index contributed by atoms with van der Waals surface area (Å²) >= 11 is 1.02. The number of rotatable bonds is 5. The second-order valence-corrected chi connectivity index (χ2v) is 5.81. The Morgan fingerprint density at radius 3 is 2.28 bits per heavy atom. The summed E-state index contributed by atoms with van der Waals surface area (Å²) in [5, 5.41) is 0. The second kappa shape index (κ2) is 8.84. The molecule has 2 N–H and O–H groups in total. The van der Waals surface area contributed by atoms with E-state index in [1.54, 1.807) is 18.2 Å². The lowest BCUT2D eigenvalue weighted by Gasteiger charge is -2.08. The standard InChI is InChI=1S/C17H15FN2O4S/c1-24-17(23)12-8-6-11(7-9-12)16(22)20-19-15(21)10-25-14-5-3-2-4-13(14)18/h2-9H,10H2,1H3,(H,19,21)(H,20,22). The third-order valence-corrected chi connectivity index (χ3v) is 4.13. The van der Waals surface area contributed by atoms with Gasteiger partial charge in [0.15, 0.2) is 0 Å². The summed E-state index contributed by atoms with van der Waals surface area (Å²) in [6, 6.07) is 11.8. The van der Waals surface area contributed by atoms with Crippen molar-refractivity contribution in [3.63, 3.8) is 0 Å². The van der Waals surface area contributed by atoms with Crippen LogP contribution in [0.4, 0.5) is 4.39 Å². The smallest absolute Gasteiger partial charge is 0.337 e. The zero-order valence-electron chi connectivity index (χ0n) is 13.2. The molecule has 8 heteroatoms. The van der Waals surface area contributed by atoms with Crippen LogP contribution in [-0.4, -0.2) is 30.6 Å². The minimum Gasteiger partial charge on any atom is -0.465 e. The van der Waals surface area contributed by atoms with Crippen LogP contribution in [0.3, 0.4) is 0 Å². The number of carbonyl (C=O) groups excluding carboxylic acids is 3. The number of methoxy groups -OCH3 is 1. The van der Waals surface area contributed by atoms with Gasteiger partial charge in [-0.25, -0.2) is 9.18 Å². The lowest BCUT2D eigenvalue weighted by Crippen LogP contribution is -2.42. The van der Waals surface area contributed by atoms with Gasteiger partial charge in [0.1, 0.15) is 5.82 Å². The number of hydrazine groups is 1. The van der Waals surface area contributed by atoms with Crippen LogP contribution in [0.25, 0.3) is 0 Å². The molecule has 0 heterocycles. The minimum atomic E-state index is -0.541. The maximum Gasteiger partial charge on any atom is 0.337 e. The van der Waals surface area contributed by atoms with Crippen LogP contribution < -0.4 is 10.9 Å². The van der Waals surface area contributed by atoms with Gasteiger partial charge >= 0.3 is 5.97 Å². The molecule has 2 amide bonds. The molecule has 6 nitrogen and oxygen atoms in total. The fourth-order valence-corrected chi connectivity index (χ4v) is 2.55. The van der Waals surface area contributed by atoms with Gasteiger partial charge in [0.2, 0.25) is 5.91 Å². The van der Waals surface area contributed by atoms with Gasteiger partial charge in [-0.15, -0.1) is 11.8 Å². The predicted octanol–water partition coefficient (Wildman–Crippen LogP) is 2.17. The Kier molecular flexibility index (Phi) is 6.53. The highest BCUT2D eigenvalue weighted by Gasteiger charge is 2.11. The van der Waals surface area contributed by atoms with E-state index in [0.29, 0.717) is 10.5 Å². The van der Waals surface area contributed by atoms with Crippen molar-refractivity contribution in [2.75, 3.05) is 12.9 Å². The Bertz CT molecular complexity index is 780. The molecule has 0 aromatic heterocycles. The van der Waals surface area contributed by atoms with Crippen molar-refractivity contribution in [3.8, 4) is 0 Å². The van der Waals surface area contributed by atoms with E-state index < -0.39 is 23.6 Å². The summed E-state index contributed by atoms with van der Waals surface area (Å²) in [7, 11) is 1.26. The first kappa shape index (κ1) is 18.5. The van der Waals surface area contributed by atoms with Crippen molar-refractivity contribution < 1.29 is 23.5 Å². The van der Waals surface area contributed by atoms with Gasteiger partial charge in [-0.05, 0) is 36.4 Å². The van der Waals surface area contributed by atoms with Gasteiger partial charge < -0.3 is 4.74 Å². The van der Waals surface area contributed by atoms with Gasteiger partial charge in [-0.1, -0.05) is 12.1 Å². The molecule has 0 atom stereocenters. The van der Waals surface area contributed by atoms with Gasteiger partial charge in [0.25, 0.3) is 5.91 Å². The van der Waals surface area contributed by atoms with Crippen LogP contribution in [0.15, 0.2) is 53.4 Å². The van der Waals surface area contributed by atoms with E-state index in [4.69, 9.17) is 0 Å². The summed E-state index contributed by atoms with van der Waals surface area (Å²) in [4.78, 5) is 35.3. The number of halogens is 1. The molecule has 0 saturated carbocycles. The Labute approximate surface area is 147 Å². The van der Waals surface area contributed by atoms with Crippen LogP contribution in [0.5, 0.6) is 0 Å². The van der Waals surface area contributed by atoms with E-state index in [1.165, 1.54) is 37.4 Å². The monoisotopic (exact) mass is 362 g/mol. The van der Waals surface area contributed by atoms with E-state index >= 15 is 0 Å². The highest BCUT2D eigenvalue weighted by atomic mass is 32.2. The van der Waals surface area contributed by atoms with Crippen molar-refractivity contribution in [2.24, 2.45) is 0 Å². The Hall–Kier alpha value is -2.87. The highest BCUT2D eigenvalue weighted by Crippen LogP contribution is 2.20. The van der Waals surface area contributed by atoms with E-state index in [2.05, 4.69) is 15.6 Å².